The first-order valence-corrected chi connectivity index (χ1v) is 12.7. The molecule has 0 aromatic heterocycles. The molecular formula is C24H43ClO6. The van der Waals surface area contributed by atoms with Gasteiger partial charge < -0.3 is 14.6 Å². The normalized spacial score (nSPS) is 10.7. The standard InChI is InChI=1S/C24H43ClO6/c25-21-24(29)31-20-16-12-8-4-3-7-11-15-19-30-23(28)18-14-10-6-2-1-5-9-13-17-22(26)27/h1-21H2,(H,26,27). The fraction of sp³-hybridized carbons (Fsp3) is 0.875. The Bertz CT molecular complexity index is 455. The minimum absolute atomic E-state index is 0.0742. The summed E-state index contributed by atoms with van der Waals surface area (Å²) in [4.78, 5) is 33.0. The van der Waals surface area contributed by atoms with Gasteiger partial charge in [-0.3, -0.25) is 14.4 Å². The van der Waals surface area contributed by atoms with Crippen molar-refractivity contribution in [1.29, 1.82) is 0 Å². The molecule has 0 radical (unpaired) electrons. The average molecular weight is 463 g/mol. The molecule has 7 heteroatoms. The molecule has 0 aliphatic rings. The maximum atomic E-state index is 11.7. The van der Waals surface area contributed by atoms with Gasteiger partial charge >= 0.3 is 17.9 Å². The van der Waals surface area contributed by atoms with Gasteiger partial charge in [0.2, 0.25) is 0 Å². The van der Waals surface area contributed by atoms with Crippen LogP contribution < -0.4 is 0 Å². The SMILES string of the molecule is O=C(O)CCCCCCCCCCC(=O)OCCCCCCCCCCOC(=O)CCl. The van der Waals surface area contributed by atoms with E-state index >= 15 is 0 Å². The van der Waals surface area contributed by atoms with Crippen LogP contribution in [0.25, 0.3) is 0 Å². The predicted molar refractivity (Wildman–Crippen MR) is 123 cm³/mol. The third-order valence-electron chi connectivity index (χ3n) is 5.20. The first-order chi connectivity index (χ1) is 15.1. The fourth-order valence-corrected chi connectivity index (χ4v) is 3.43. The van der Waals surface area contributed by atoms with E-state index in [4.69, 9.17) is 26.2 Å². The second-order valence-electron chi connectivity index (χ2n) is 8.13. The van der Waals surface area contributed by atoms with Crippen LogP contribution in [-0.2, 0) is 23.9 Å². The highest BCUT2D eigenvalue weighted by Crippen LogP contribution is 2.12. The number of hydrogen-bond donors (Lipinski definition) is 1. The summed E-state index contributed by atoms with van der Waals surface area (Å²) in [5.74, 6) is -1.21. The van der Waals surface area contributed by atoms with E-state index < -0.39 is 5.97 Å². The summed E-state index contributed by atoms with van der Waals surface area (Å²) in [5.41, 5.74) is 0. The molecule has 0 amide bonds. The lowest BCUT2D eigenvalue weighted by Crippen LogP contribution is -2.06. The van der Waals surface area contributed by atoms with Crippen LogP contribution in [0.5, 0.6) is 0 Å². The largest absolute Gasteiger partial charge is 0.481 e. The molecule has 0 heterocycles. The van der Waals surface area contributed by atoms with Crippen LogP contribution in [0.1, 0.15) is 116 Å². The van der Waals surface area contributed by atoms with E-state index in [-0.39, 0.29) is 24.2 Å². The van der Waals surface area contributed by atoms with Crippen molar-refractivity contribution in [2.45, 2.75) is 116 Å². The number of aliphatic carboxylic acids is 1. The van der Waals surface area contributed by atoms with Crippen LogP contribution in [0.3, 0.4) is 0 Å². The number of carbonyl (C=O) groups excluding carboxylic acids is 2. The predicted octanol–water partition coefficient (Wildman–Crippen LogP) is 6.42. The zero-order chi connectivity index (χ0) is 23.0. The van der Waals surface area contributed by atoms with Gasteiger partial charge in [0.05, 0.1) is 13.2 Å². The lowest BCUT2D eigenvalue weighted by Gasteiger charge is -2.06. The van der Waals surface area contributed by atoms with Crippen LogP contribution in [0, 0.1) is 0 Å². The highest BCUT2D eigenvalue weighted by atomic mass is 35.5. The van der Waals surface area contributed by atoms with Crippen LogP contribution in [0.15, 0.2) is 0 Å². The Morgan fingerprint density at radius 2 is 0.871 bits per heavy atom. The Labute approximate surface area is 193 Å². The molecule has 0 rings (SSSR count). The van der Waals surface area contributed by atoms with Crippen molar-refractivity contribution >= 4 is 29.5 Å². The lowest BCUT2D eigenvalue weighted by atomic mass is 10.1. The molecule has 31 heavy (non-hydrogen) atoms. The van der Waals surface area contributed by atoms with Crippen LogP contribution in [0.4, 0.5) is 0 Å². The van der Waals surface area contributed by atoms with Gasteiger partial charge in [0.1, 0.15) is 5.88 Å². The number of alkyl halides is 1. The maximum Gasteiger partial charge on any atom is 0.320 e. The molecule has 0 unspecified atom stereocenters. The monoisotopic (exact) mass is 462 g/mol. The molecule has 0 atom stereocenters. The van der Waals surface area contributed by atoms with Crippen LogP contribution in [-0.4, -0.2) is 42.1 Å². The summed E-state index contributed by atoms with van der Waals surface area (Å²) in [6.45, 7) is 0.994. The molecule has 0 bridgehead atoms. The summed E-state index contributed by atoms with van der Waals surface area (Å²) in [5, 5.41) is 8.57. The third kappa shape index (κ3) is 24.8. The number of ether oxygens (including phenoxy) is 2. The number of halogens is 1. The van der Waals surface area contributed by atoms with Gasteiger partial charge in [-0.15, -0.1) is 11.6 Å². The fourth-order valence-electron chi connectivity index (χ4n) is 3.35. The number of unbranched alkanes of at least 4 members (excludes halogenated alkanes) is 14. The number of hydrogen-bond acceptors (Lipinski definition) is 5. The Morgan fingerprint density at radius 1 is 0.516 bits per heavy atom. The molecule has 0 fully saturated rings. The summed E-state index contributed by atoms with van der Waals surface area (Å²) in [7, 11) is 0. The third-order valence-corrected chi connectivity index (χ3v) is 5.41. The lowest BCUT2D eigenvalue weighted by molar-refractivity contribution is -0.144. The van der Waals surface area contributed by atoms with E-state index in [1.54, 1.807) is 0 Å². The smallest absolute Gasteiger partial charge is 0.320 e. The zero-order valence-corrected chi connectivity index (χ0v) is 20.0. The number of carbonyl (C=O) groups is 3. The number of rotatable bonds is 23. The molecule has 6 nitrogen and oxygen atoms in total. The molecule has 0 aliphatic carbocycles. The molecule has 0 saturated carbocycles. The van der Waals surface area contributed by atoms with Gasteiger partial charge in [-0.2, -0.15) is 0 Å². The molecule has 0 aliphatic heterocycles. The summed E-state index contributed by atoms with van der Waals surface area (Å²) in [6.07, 6.45) is 17.7. The Balaban J connectivity index is 3.20. The van der Waals surface area contributed by atoms with Gasteiger partial charge in [0, 0.05) is 12.8 Å². The first kappa shape index (κ1) is 29.7. The molecule has 0 aromatic carbocycles. The van der Waals surface area contributed by atoms with Crippen molar-refractivity contribution in [2.24, 2.45) is 0 Å². The van der Waals surface area contributed by atoms with E-state index in [9.17, 15) is 14.4 Å². The number of carboxylic acids is 1. The summed E-state index contributed by atoms with van der Waals surface area (Å²) >= 11 is 5.35. The summed E-state index contributed by atoms with van der Waals surface area (Å²) < 4.78 is 10.2. The zero-order valence-electron chi connectivity index (χ0n) is 19.2. The molecule has 1 N–H and O–H groups in total. The molecule has 0 spiro atoms. The average Bonchev–Trinajstić information content (AvgIpc) is 2.75. The van der Waals surface area contributed by atoms with E-state index in [2.05, 4.69) is 0 Å². The summed E-state index contributed by atoms with van der Waals surface area (Å²) in [6, 6.07) is 0. The highest BCUT2D eigenvalue weighted by molar-refractivity contribution is 6.26. The van der Waals surface area contributed by atoms with Gasteiger partial charge in [-0.05, 0) is 25.7 Å². The Hall–Kier alpha value is -1.30. The van der Waals surface area contributed by atoms with E-state index in [0.717, 1.165) is 89.9 Å². The Morgan fingerprint density at radius 3 is 1.29 bits per heavy atom. The van der Waals surface area contributed by atoms with Gasteiger partial charge in [0.25, 0.3) is 0 Å². The maximum absolute atomic E-state index is 11.7. The molecule has 0 saturated heterocycles. The van der Waals surface area contributed by atoms with Crippen molar-refractivity contribution in [3.8, 4) is 0 Å². The molecule has 0 aromatic rings. The van der Waals surface area contributed by atoms with Crippen molar-refractivity contribution in [2.75, 3.05) is 19.1 Å². The Kier molecular flexibility index (Phi) is 22.4. The topological polar surface area (TPSA) is 89.9 Å². The second kappa shape index (κ2) is 23.4. The quantitative estimate of drug-likeness (QED) is 0.107. The second-order valence-corrected chi connectivity index (χ2v) is 8.39. The number of carboxylic acid groups (broad SMARTS) is 1. The minimum atomic E-state index is -0.708. The first-order valence-electron chi connectivity index (χ1n) is 12.1. The number of esters is 2. The van der Waals surface area contributed by atoms with Crippen molar-refractivity contribution in [1.82, 2.24) is 0 Å². The van der Waals surface area contributed by atoms with Crippen molar-refractivity contribution < 1.29 is 29.0 Å². The van der Waals surface area contributed by atoms with Crippen LogP contribution >= 0.6 is 11.6 Å². The van der Waals surface area contributed by atoms with Gasteiger partial charge in [-0.25, -0.2) is 0 Å². The highest BCUT2D eigenvalue weighted by Gasteiger charge is 2.03. The van der Waals surface area contributed by atoms with Gasteiger partial charge in [0.15, 0.2) is 0 Å². The van der Waals surface area contributed by atoms with Crippen molar-refractivity contribution in [3.05, 3.63) is 0 Å². The van der Waals surface area contributed by atoms with Gasteiger partial charge in [-0.1, -0.05) is 77.0 Å². The van der Waals surface area contributed by atoms with Crippen molar-refractivity contribution in [3.63, 3.8) is 0 Å². The van der Waals surface area contributed by atoms with E-state index in [1.807, 2.05) is 0 Å². The van der Waals surface area contributed by atoms with E-state index in [0.29, 0.717) is 19.6 Å². The minimum Gasteiger partial charge on any atom is -0.481 e. The van der Waals surface area contributed by atoms with E-state index in [1.165, 1.54) is 12.8 Å². The molecular weight excluding hydrogens is 420 g/mol. The molecule has 182 valence electrons. The van der Waals surface area contributed by atoms with Crippen LogP contribution in [0.2, 0.25) is 0 Å².